The number of aliphatic hydroxyl groups is 1. The first-order valence-electron chi connectivity index (χ1n) is 6.53. The smallest absolute Gasteiger partial charge is 0.161 e. The fraction of sp³-hybridized carbons (Fsp3) is 0.571. The minimum absolute atomic E-state index is 0.0787. The predicted molar refractivity (Wildman–Crippen MR) is 71.8 cm³/mol. The van der Waals surface area contributed by atoms with Gasteiger partial charge in [0.2, 0.25) is 0 Å². The molecule has 0 amide bonds. The Morgan fingerprint density at radius 2 is 2.16 bits per heavy atom. The maximum atomic E-state index is 9.28. The van der Waals surface area contributed by atoms with E-state index in [1.807, 2.05) is 24.3 Å². The lowest BCUT2D eigenvalue weighted by molar-refractivity contribution is -0.0313. The van der Waals surface area contributed by atoms with Crippen molar-refractivity contribution in [2.45, 2.75) is 6.04 Å². The number of benzene rings is 1. The Hall–Kier alpha value is -1.30. The van der Waals surface area contributed by atoms with Crippen LogP contribution in [0.4, 0.5) is 0 Å². The zero-order valence-electron chi connectivity index (χ0n) is 11.2. The maximum absolute atomic E-state index is 9.28. The largest absolute Gasteiger partial charge is 0.493 e. The third kappa shape index (κ3) is 3.83. The second-order valence-electron chi connectivity index (χ2n) is 4.45. The van der Waals surface area contributed by atoms with Crippen LogP contribution in [0, 0.1) is 0 Å². The van der Waals surface area contributed by atoms with Gasteiger partial charge in [0, 0.05) is 13.1 Å². The number of hydrogen-bond acceptors (Lipinski definition) is 5. The lowest BCUT2D eigenvalue weighted by atomic mass is 10.2. The van der Waals surface area contributed by atoms with Crippen molar-refractivity contribution < 1.29 is 19.3 Å². The Morgan fingerprint density at radius 3 is 2.89 bits per heavy atom. The van der Waals surface area contributed by atoms with Crippen LogP contribution in [0.3, 0.4) is 0 Å². The highest BCUT2D eigenvalue weighted by Crippen LogP contribution is 2.25. The number of hydrogen-bond donors (Lipinski definition) is 1. The van der Waals surface area contributed by atoms with Gasteiger partial charge >= 0.3 is 0 Å². The van der Waals surface area contributed by atoms with Crippen LogP contribution in [-0.4, -0.2) is 62.7 Å². The minimum atomic E-state index is 0.0787. The first-order valence-corrected chi connectivity index (χ1v) is 6.53. The summed E-state index contributed by atoms with van der Waals surface area (Å²) in [4.78, 5) is 2.19. The molecule has 1 aromatic rings. The van der Waals surface area contributed by atoms with Gasteiger partial charge in [-0.1, -0.05) is 12.1 Å². The van der Waals surface area contributed by atoms with E-state index in [0.717, 1.165) is 24.6 Å². The Labute approximate surface area is 113 Å². The molecule has 0 aromatic heterocycles. The summed E-state index contributed by atoms with van der Waals surface area (Å²) in [6, 6.07) is 7.68. The average Bonchev–Trinajstić information content (AvgIpc) is 2.48. The molecular formula is C14H21NO4. The fourth-order valence-corrected chi connectivity index (χ4v) is 2.16. The molecule has 5 nitrogen and oxygen atoms in total. The standard InChI is InChI=1S/C14H21NO4/c1-17-13-4-2-3-5-14(13)19-9-7-15-6-8-18-11-12(15)10-16/h2-5,12,16H,6-11H2,1H3. The molecular weight excluding hydrogens is 246 g/mol. The Kier molecular flexibility index (Phi) is 5.44. The van der Waals surface area contributed by atoms with Crippen LogP contribution in [-0.2, 0) is 4.74 Å². The molecule has 0 bridgehead atoms. The van der Waals surface area contributed by atoms with E-state index in [1.165, 1.54) is 0 Å². The van der Waals surface area contributed by atoms with E-state index in [9.17, 15) is 5.11 Å². The van der Waals surface area contributed by atoms with Crippen LogP contribution >= 0.6 is 0 Å². The summed E-state index contributed by atoms with van der Waals surface area (Å²) >= 11 is 0. The third-order valence-corrected chi connectivity index (χ3v) is 3.27. The predicted octanol–water partition coefficient (Wildman–Crippen LogP) is 0.767. The molecule has 1 atom stereocenters. The van der Waals surface area contributed by atoms with Crippen molar-refractivity contribution in [1.29, 1.82) is 0 Å². The van der Waals surface area contributed by atoms with E-state index in [2.05, 4.69) is 4.90 Å². The van der Waals surface area contributed by atoms with Crippen molar-refractivity contribution in [3.8, 4) is 11.5 Å². The van der Waals surface area contributed by atoms with Gasteiger partial charge in [-0.15, -0.1) is 0 Å². The monoisotopic (exact) mass is 267 g/mol. The number of rotatable bonds is 6. The van der Waals surface area contributed by atoms with Gasteiger partial charge in [-0.3, -0.25) is 4.90 Å². The Bertz CT molecular complexity index is 385. The molecule has 1 aliphatic heterocycles. The maximum Gasteiger partial charge on any atom is 0.161 e. The lowest BCUT2D eigenvalue weighted by Gasteiger charge is -2.34. The summed E-state index contributed by atoms with van der Waals surface area (Å²) in [5, 5.41) is 9.28. The number of methoxy groups -OCH3 is 1. The molecule has 0 radical (unpaired) electrons. The van der Waals surface area contributed by atoms with E-state index >= 15 is 0 Å². The van der Waals surface area contributed by atoms with Gasteiger partial charge in [0.05, 0.1) is 33.0 Å². The van der Waals surface area contributed by atoms with Crippen molar-refractivity contribution >= 4 is 0 Å². The average molecular weight is 267 g/mol. The van der Waals surface area contributed by atoms with E-state index < -0.39 is 0 Å². The quantitative estimate of drug-likeness (QED) is 0.825. The van der Waals surface area contributed by atoms with Crippen molar-refractivity contribution in [2.24, 2.45) is 0 Å². The molecule has 5 heteroatoms. The van der Waals surface area contributed by atoms with E-state index in [-0.39, 0.29) is 12.6 Å². The van der Waals surface area contributed by atoms with Crippen LogP contribution < -0.4 is 9.47 Å². The van der Waals surface area contributed by atoms with Crippen molar-refractivity contribution in [2.75, 3.05) is 46.6 Å². The van der Waals surface area contributed by atoms with Crippen molar-refractivity contribution in [1.82, 2.24) is 4.90 Å². The summed E-state index contributed by atoms with van der Waals surface area (Å²) < 4.78 is 16.3. The molecule has 0 aliphatic carbocycles. The van der Waals surface area contributed by atoms with Gasteiger partial charge in [-0.2, -0.15) is 0 Å². The molecule has 1 N–H and O–H groups in total. The topological polar surface area (TPSA) is 51.2 Å². The molecule has 0 spiro atoms. The number of aliphatic hydroxyl groups excluding tert-OH is 1. The SMILES string of the molecule is COc1ccccc1OCCN1CCOCC1CO. The Balaban J connectivity index is 1.82. The van der Waals surface area contributed by atoms with Crippen LogP contribution in [0.25, 0.3) is 0 Å². The van der Waals surface area contributed by atoms with Gasteiger partial charge in [-0.05, 0) is 12.1 Å². The van der Waals surface area contributed by atoms with E-state index in [0.29, 0.717) is 19.8 Å². The second kappa shape index (κ2) is 7.33. The zero-order chi connectivity index (χ0) is 13.5. The molecule has 1 aliphatic rings. The summed E-state index contributed by atoms with van der Waals surface area (Å²) in [6.07, 6.45) is 0. The van der Waals surface area contributed by atoms with Crippen molar-refractivity contribution in [3.63, 3.8) is 0 Å². The first-order chi connectivity index (χ1) is 9.35. The number of morpholine rings is 1. The molecule has 19 heavy (non-hydrogen) atoms. The lowest BCUT2D eigenvalue weighted by Crippen LogP contribution is -2.48. The van der Waals surface area contributed by atoms with Gasteiger partial charge in [0.1, 0.15) is 6.61 Å². The second-order valence-corrected chi connectivity index (χ2v) is 4.45. The summed E-state index contributed by atoms with van der Waals surface area (Å²) in [5.74, 6) is 1.49. The fourth-order valence-electron chi connectivity index (χ4n) is 2.16. The molecule has 1 saturated heterocycles. The van der Waals surface area contributed by atoms with Gasteiger partial charge in [-0.25, -0.2) is 0 Å². The molecule has 1 unspecified atom stereocenters. The van der Waals surface area contributed by atoms with E-state index in [4.69, 9.17) is 14.2 Å². The molecule has 106 valence electrons. The van der Waals surface area contributed by atoms with E-state index in [1.54, 1.807) is 7.11 Å². The number of ether oxygens (including phenoxy) is 3. The summed E-state index contributed by atoms with van der Waals surface area (Å²) in [6.45, 7) is 3.59. The van der Waals surface area contributed by atoms with Crippen molar-refractivity contribution in [3.05, 3.63) is 24.3 Å². The molecule has 1 aromatic carbocycles. The van der Waals surface area contributed by atoms with Gasteiger partial charge in [0.15, 0.2) is 11.5 Å². The molecule has 2 rings (SSSR count). The van der Waals surface area contributed by atoms with Crippen LogP contribution in [0.2, 0.25) is 0 Å². The summed E-state index contributed by atoms with van der Waals surface area (Å²) in [7, 11) is 1.63. The minimum Gasteiger partial charge on any atom is -0.493 e. The van der Waals surface area contributed by atoms with Gasteiger partial charge < -0.3 is 19.3 Å². The molecule has 1 fully saturated rings. The highest BCUT2D eigenvalue weighted by Gasteiger charge is 2.21. The third-order valence-electron chi connectivity index (χ3n) is 3.27. The van der Waals surface area contributed by atoms with Gasteiger partial charge in [0.25, 0.3) is 0 Å². The molecule has 1 heterocycles. The number of nitrogens with zero attached hydrogens (tertiary/aromatic N) is 1. The van der Waals surface area contributed by atoms with Crippen LogP contribution in [0.1, 0.15) is 0 Å². The highest BCUT2D eigenvalue weighted by molar-refractivity contribution is 5.39. The number of para-hydroxylation sites is 2. The van der Waals surface area contributed by atoms with Crippen LogP contribution in [0.15, 0.2) is 24.3 Å². The highest BCUT2D eigenvalue weighted by atomic mass is 16.5. The first kappa shape index (κ1) is 14.1. The molecule has 0 saturated carbocycles. The summed E-state index contributed by atoms with van der Waals surface area (Å²) in [5.41, 5.74) is 0. The van der Waals surface area contributed by atoms with Crippen LogP contribution in [0.5, 0.6) is 11.5 Å². The Morgan fingerprint density at radius 1 is 1.37 bits per heavy atom. The normalized spacial score (nSPS) is 20.2. The zero-order valence-corrected chi connectivity index (χ0v) is 11.2.